The molecule has 2 saturated heterocycles. The van der Waals surface area contributed by atoms with E-state index in [1.54, 1.807) is 12.1 Å². The van der Waals surface area contributed by atoms with Gasteiger partial charge in [0.2, 0.25) is 5.91 Å². The van der Waals surface area contributed by atoms with Crippen molar-refractivity contribution in [2.24, 2.45) is 5.92 Å². The van der Waals surface area contributed by atoms with Crippen LogP contribution in [0.4, 0.5) is 4.39 Å². The highest BCUT2D eigenvalue weighted by Gasteiger charge is 2.42. The number of benzene rings is 1. The third kappa shape index (κ3) is 3.40. The van der Waals surface area contributed by atoms with Crippen molar-refractivity contribution < 1.29 is 13.9 Å². The van der Waals surface area contributed by atoms with E-state index in [0.717, 1.165) is 25.1 Å². The number of hydrogen-bond acceptors (Lipinski definition) is 3. The summed E-state index contributed by atoms with van der Waals surface area (Å²) in [6.45, 7) is 5.11. The maximum absolute atomic E-state index is 13.3. The van der Waals surface area contributed by atoms with E-state index >= 15 is 0 Å². The lowest BCUT2D eigenvalue weighted by atomic mass is 9.73. The highest BCUT2D eigenvalue weighted by atomic mass is 19.1. The molecule has 1 aromatic carbocycles. The van der Waals surface area contributed by atoms with Crippen molar-refractivity contribution in [3.05, 3.63) is 35.6 Å². The average Bonchev–Trinajstić information content (AvgIpc) is 2.58. The smallest absolute Gasteiger partial charge is 0.231 e. The molecule has 2 heterocycles. The summed E-state index contributed by atoms with van der Waals surface area (Å²) in [7, 11) is 0. The molecule has 5 heteroatoms. The van der Waals surface area contributed by atoms with Crippen LogP contribution >= 0.6 is 0 Å². The first kappa shape index (κ1) is 16.4. The molecule has 2 aliphatic heterocycles. The maximum atomic E-state index is 13.3. The molecule has 0 aliphatic carbocycles. The SMILES string of the molecule is CC1CCNCC1NC(=O)C1(c2ccc(F)cc2)CCOCC1. The van der Waals surface area contributed by atoms with Crippen molar-refractivity contribution in [1.29, 1.82) is 0 Å². The Morgan fingerprint density at radius 1 is 1.30 bits per heavy atom. The van der Waals surface area contributed by atoms with Crippen LogP contribution in [0.2, 0.25) is 0 Å². The molecular formula is C18H25FN2O2. The fourth-order valence-electron chi connectivity index (χ4n) is 3.63. The van der Waals surface area contributed by atoms with Gasteiger partial charge in [0.05, 0.1) is 5.41 Å². The van der Waals surface area contributed by atoms with Crippen LogP contribution in [-0.2, 0) is 14.9 Å². The Balaban J connectivity index is 1.83. The lowest BCUT2D eigenvalue weighted by Gasteiger charge is -2.39. The standard InChI is InChI=1S/C18H25FN2O2/c1-13-6-9-20-12-16(13)21-17(22)18(7-10-23-11-8-18)14-2-4-15(19)5-3-14/h2-5,13,16,20H,6-12H2,1H3,(H,21,22). The number of rotatable bonds is 3. The number of halogens is 1. The molecule has 23 heavy (non-hydrogen) atoms. The van der Waals surface area contributed by atoms with E-state index in [2.05, 4.69) is 17.6 Å². The first-order valence-corrected chi connectivity index (χ1v) is 8.47. The van der Waals surface area contributed by atoms with Gasteiger partial charge in [-0.3, -0.25) is 4.79 Å². The molecule has 0 spiro atoms. The van der Waals surface area contributed by atoms with Crippen LogP contribution in [0.25, 0.3) is 0 Å². The summed E-state index contributed by atoms with van der Waals surface area (Å²) in [5.74, 6) is 0.236. The summed E-state index contributed by atoms with van der Waals surface area (Å²) in [6, 6.07) is 6.50. The quantitative estimate of drug-likeness (QED) is 0.895. The normalized spacial score (nSPS) is 27.4. The Kier molecular flexibility index (Phi) is 4.97. The Labute approximate surface area is 136 Å². The van der Waals surface area contributed by atoms with Gasteiger partial charge in [-0.1, -0.05) is 19.1 Å². The van der Waals surface area contributed by atoms with Crippen LogP contribution < -0.4 is 10.6 Å². The monoisotopic (exact) mass is 320 g/mol. The number of hydrogen-bond donors (Lipinski definition) is 2. The van der Waals surface area contributed by atoms with Crippen molar-refractivity contribution >= 4 is 5.91 Å². The zero-order valence-electron chi connectivity index (χ0n) is 13.6. The lowest BCUT2D eigenvalue weighted by molar-refractivity contribution is -0.131. The highest BCUT2D eigenvalue weighted by molar-refractivity contribution is 5.88. The van der Waals surface area contributed by atoms with Gasteiger partial charge >= 0.3 is 0 Å². The summed E-state index contributed by atoms with van der Waals surface area (Å²) in [5, 5.41) is 6.59. The second-order valence-electron chi connectivity index (χ2n) is 6.75. The van der Waals surface area contributed by atoms with Gasteiger partial charge in [0.1, 0.15) is 5.82 Å². The van der Waals surface area contributed by atoms with E-state index in [4.69, 9.17) is 4.74 Å². The van der Waals surface area contributed by atoms with Gasteiger partial charge < -0.3 is 15.4 Å². The van der Waals surface area contributed by atoms with Crippen LogP contribution in [0, 0.1) is 11.7 Å². The van der Waals surface area contributed by atoms with Gasteiger partial charge in [-0.05, 0) is 49.4 Å². The zero-order valence-corrected chi connectivity index (χ0v) is 13.6. The van der Waals surface area contributed by atoms with Crippen LogP contribution in [0.1, 0.15) is 31.7 Å². The van der Waals surface area contributed by atoms with Gasteiger partial charge in [-0.25, -0.2) is 4.39 Å². The Morgan fingerprint density at radius 2 is 2.00 bits per heavy atom. The molecule has 0 saturated carbocycles. The summed E-state index contributed by atoms with van der Waals surface area (Å²) in [4.78, 5) is 13.1. The van der Waals surface area contributed by atoms with Crippen LogP contribution in [0.15, 0.2) is 24.3 Å². The molecule has 2 fully saturated rings. The number of ether oxygens (including phenoxy) is 1. The van der Waals surface area contributed by atoms with Crippen molar-refractivity contribution in [2.75, 3.05) is 26.3 Å². The molecule has 0 aromatic heterocycles. The minimum absolute atomic E-state index is 0.0490. The molecule has 0 bridgehead atoms. The van der Waals surface area contributed by atoms with Gasteiger partial charge in [0.15, 0.2) is 0 Å². The van der Waals surface area contributed by atoms with Crippen LogP contribution in [0.5, 0.6) is 0 Å². The van der Waals surface area contributed by atoms with E-state index in [1.165, 1.54) is 12.1 Å². The number of carbonyl (C=O) groups is 1. The largest absolute Gasteiger partial charge is 0.381 e. The second-order valence-corrected chi connectivity index (χ2v) is 6.75. The van der Waals surface area contributed by atoms with Crippen molar-refractivity contribution in [2.45, 2.75) is 37.6 Å². The summed E-state index contributed by atoms with van der Waals surface area (Å²) in [6.07, 6.45) is 2.34. The molecule has 126 valence electrons. The Morgan fingerprint density at radius 3 is 2.65 bits per heavy atom. The van der Waals surface area contributed by atoms with E-state index in [0.29, 0.717) is 32.0 Å². The number of carbonyl (C=O) groups excluding carboxylic acids is 1. The first-order valence-electron chi connectivity index (χ1n) is 8.47. The highest BCUT2D eigenvalue weighted by Crippen LogP contribution is 2.35. The van der Waals surface area contributed by atoms with Gasteiger partial charge in [-0.2, -0.15) is 0 Å². The zero-order chi connectivity index (χ0) is 16.3. The predicted molar refractivity (Wildman–Crippen MR) is 86.7 cm³/mol. The summed E-state index contributed by atoms with van der Waals surface area (Å²) >= 11 is 0. The summed E-state index contributed by atoms with van der Waals surface area (Å²) < 4.78 is 18.7. The van der Waals surface area contributed by atoms with Crippen LogP contribution in [0.3, 0.4) is 0 Å². The van der Waals surface area contributed by atoms with E-state index < -0.39 is 5.41 Å². The summed E-state index contributed by atoms with van der Waals surface area (Å²) in [5.41, 5.74) is 0.277. The van der Waals surface area contributed by atoms with Crippen molar-refractivity contribution in [1.82, 2.24) is 10.6 Å². The number of nitrogens with one attached hydrogen (secondary N) is 2. The molecule has 1 aromatic rings. The van der Waals surface area contributed by atoms with Gasteiger partial charge in [0.25, 0.3) is 0 Å². The molecule has 1 amide bonds. The molecular weight excluding hydrogens is 295 g/mol. The molecule has 2 N–H and O–H groups in total. The molecule has 3 rings (SSSR count). The first-order chi connectivity index (χ1) is 11.1. The van der Waals surface area contributed by atoms with E-state index in [-0.39, 0.29) is 17.8 Å². The van der Waals surface area contributed by atoms with E-state index in [9.17, 15) is 9.18 Å². The maximum Gasteiger partial charge on any atom is 0.231 e. The molecule has 2 unspecified atom stereocenters. The molecule has 0 radical (unpaired) electrons. The second kappa shape index (κ2) is 6.97. The van der Waals surface area contributed by atoms with Crippen molar-refractivity contribution in [3.63, 3.8) is 0 Å². The number of piperidine rings is 1. The van der Waals surface area contributed by atoms with Gasteiger partial charge in [0, 0.05) is 25.8 Å². The van der Waals surface area contributed by atoms with Crippen LogP contribution in [-0.4, -0.2) is 38.3 Å². The molecule has 2 aliphatic rings. The minimum atomic E-state index is -0.608. The Bertz CT molecular complexity index is 540. The third-order valence-electron chi connectivity index (χ3n) is 5.32. The third-order valence-corrected chi connectivity index (χ3v) is 5.32. The van der Waals surface area contributed by atoms with Crippen molar-refractivity contribution in [3.8, 4) is 0 Å². The molecule has 4 nitrogen and oxygen atoms in total. The Hall–Kier alpha value is -1.46. The number of amides is 1. The van der Waals surface area contributed by atoms with Gasteiger partial charge in [-0.15, -0.1) is 0 Å². The van der Waals surface area contributed by atoms with E-state index in [1.807, 2.05) is 0 Å². The lowest BCUT2D eigenvalue weighted by Crippen LogP contribution is -2.56. The fourth-order valence-corrected chi connectivity index (χ4v) is 3.63. The topological polar surface area (TPSA) is 50.4 Å². The fraction of sp³-hybridized carbons (Fsp3) is 0.611. The average molecular weight is 320 g/mol. The predicted octanol–water partition coefficient (Wildman–Crippen LogP) is 1.99. The molecule has 2 atom stereocenters. The minimum Gasteiger partial charge on any atom is -0.381 e.